The standard InChI is InChI=1S/C14H17F3N2O5/c1-23-10-5-4-9(7-11(10)24-8-14(15,16)17)19-13(22)18-6-2-3-12(20)21/h4-5,7H,2-3,6,8H2,1H3,(H,20,21)(H2,18,19,22). The van der Waals surface area contributed by atoms with E-state index in [4.69, 9.17) is 9.84 Å². The summed E-state index contributed by atoms with van der Waals surface area (Å²) in [5, 5.41) is 13.3. The van der Waals surface area contributed by atoms with Crippen LogP contribution >= 0.6 is 0 Å². The van der Waals surface area contributed by atoms with E-state index in [1.807, 2.05) is 0 Å². The van der Waals surface area contributed by atoms with Gasteiger partial charge in [0.15, 0.2) is 18.1 Å². The van der Waals surface area contributed by atoms with Gasteiger partial charge in [0.1, 0.15) is 0 Å². The third-order valence-electron chi connectivity index (χ3n) is 2.67. The number of rotatable bonds is 8. The molecule has 0 saturated carbocycles. The number of carbonyl (C=O) groups excluding carboxylic acids is 1. The van der Waals surface area contributed by atoms with Crippen molar-refractivity contribution in [1.82, 2.24) is 5.32 Å². The molecule has 24 heavy (non-hydrogen) atoms. The molecule has 0 heterocycles. The van der Waals surface area contributed by atoms with Gasteiger partial charge in [-0.3, -0.25) is 4.79 Å². The van der Waals surface area contributed by atoms with E-state index in [9.17, 15) is 22.8 Å². The lowest BCUT2D eigenvalue weighted by molar-refractivity contribution is -0.153. The van der Waals surface area contributed by atoms with E-state index >= 15 is 0 Å². The molecule has 0 aliphatic carbocycles. The van der Waals surface area contributed by atoms with Gasteiger partial charge in [0.05, 0.1) is 7.11 Å². The average molecular weight is 350 g/mol. The lowest BCUT2D eigenvalue weighted by Gasteiger charge is -2.14. The number of alkyl halides is 3. The Kier molecular flexibility index (Phi) is 7.15. The number of benzene rings is 1. The fourth-order valence-corrected chi connectivity index (χ4v) is 1.64. The summed E-state index contributed by atoms with van der Waals surface area (Å²) in [6.07, 6.45) is -4.33. The highest BCUT2D eigenvalue weighted by Gasteiger charge is 2.29. The fourth-order valence-electron chi connectivity index (χ4n) is 1.64. The van der Waals surface area contributed by atoms with Gasteiger partial charge >= 0.3 is 18.2 Å². The zero-order valence-electron chi connectivity index (χ0n) is 12.8. The molecule has 0 aliphatic rings. The van der Waals surface area contributed by atoms with Gasteiger partial charge < -0.3 is 25.2 Å². The Labute approximate surface area is 135 Å². The van der Waals surface area contributed by atoms with Crippen molar-refractivity contribution < 1.29 is 37.3 Å². The second-order valence-electron chi connectivity index (χ2n) is 4.65. The van der Waals surface area contributed by atoms with Crippen molar-refractivity contribution in [3.63, 3.8) is 0 Å². The number of hydrogen-bond acceptors (Lipinski definition) is 4. The molecule has 0 radical (unpaired) electrons. The SMILES string of the molecule is COc1ccc(NC(=O)NCCCC(=O)O)cc1OCC(F)(F)F. The first kappa shape index (κ1) is 19.4. The first-order chi connectivity index (χ1) is 11.2. The monoisotopic (exact) mass is 350 g/mol. The van der Waals surface area contributed by atoms with Crippen molar-refractivity contribution in [2.24, 2.45) is 0 Å². The summed E-state index contributed by atoms with van der Waals surface area (Å²) in [7, 11) is 1.28. The molecule has 134 valence electrons. The van der Waals surface area contributed by atoms with Crippen LogP contribution in [0.5, 0.6) is 11.5 Å². The fraction of sp³-hybridized carbons (Fsp3) is 0.429. The zero-order valence-corrected chi connectivity index (χ0v) is 12.8. The van der Waals surface area contributed by atoms with Gasteiger partial charge in [-0.15, -0.1) is 0 Å². The Morgan fingerprint density at radius 1 is 1.25 bits per heavy atom. The maximum atomic E-state index is 12.2. The molecular weight excluding hydrogens is 333 g/mol. The molecule has 0 spiro atoms. The molecule has 1 rings (SSSR count). The number of nitrogens with one attached hydrogen (secondary N) is 2. The number of carboxylic acid groups (broad SMARTS) is 1. The number of anilines is 1. The van der Waals surface area contributed by atoms with Crippen molar-refractivity contribution in [2.45, 2.75) is 19.0 Å². The summed E-state index contributed by atoms with van der Waals surface area (Å²) in [6.45, 7) is -1.35. The second kappa shape index (κ2) is 8.85. The number of urea groups is 1. The Morgan fingerprint density at radius 2 is 1.96 bits per heavy atom. The van der Waals surface area contributed by atoms with Crippen LogP contribution in [0, 0.1) is 0 Å². The first-order valence-electron chi connectivity index (χ1n) is 6.85. The van der Waals surface area contributed by atoms with Crippen LogP contribution < -0.4 is 20.1 Å². The van der Waals surface area contributed by atoms with Gasteiger partial charge in [-0.2, -0.15) is 13.2 Å². The van der Waals surface area contributed by atoms with Gasteiger partial charge in [0.2, 0.25) is 0 Å². The van der Waals surface area contributed by atoms with Gasteiger partial charge in [0, 0.05) is 24.7 Å². The summed E-state index contributed by atoms with van der Waals surface area (Å²) < 4.78 is 46.2. The van der Waals surface area contributed by atoms with Gasteiger partial charge in [-0.05, 0) is 18.6 Å². The molecule has 0 bridgehead atoms. The minimum atomic E-state index is -4.50. The molecule has 0 aromatic heterocycles. The minimum Gasteiger partial charge on any atom is -0.493 e. The smallest absolute Gasteiger partial charge is 0.422 e. The van der Waals surface area contributed by atoms with E-state index < -0.39 is 24.8 Å². The van der Waals surface area contributed by atoms with Crippen molar-refractivity contribution in [3.8, 4) is 11.5 Å². The molecule has 1 aromatic rings. The quantitative estimate of drug-likeness (QED) is 0.626. The highest BCUT2D eigenvalue weighted by Crippen LogP contribution is 2.31. The highest BCUT2D eigenvalue weighted by atomic mass is 19.4. The van der Waals surface area contributed by atoms with Gasteiger partial charge in [-0.1, -0.05) is 0 Å². The van der Waals surface area contributed by atoms with E-state index in [1.54, 1.807) is 0 Å². The largest absolute Gasteiger partial charge is 0.493 e. The number of hydrogen-bond donors (Lipinski definition) is 3. The number of methoxy groups -OCH3 is 1. The molecule has 1 aromatic carbocycles. The topological polar surface area (TPSA) is 96.9 Å². The van der Waals surface area contributed by atoms with Crippen molar-refractivity contribution >= 4 is 17.7 Å². The number of amides is 2. The average Bonchev–Trinajstić information content (AvgIpc) is 2.49. The summed E-state index contributed by atoms with van der Waals surface area (Å²) in [5.41, 5.74) is 0.198. The van der Waals surface area contributed by atoms with Crippen LogP contribution in [-0.4, -0.2) is 43.5 Å². The summed E-state index contributed by atoms with van der Waals surface area (Å²) in [6, 6.07) is 3.36. The van der Waals surface area contributed by atoms with Crippen LogP contribution in [-0.2, 0) is 4.79 Å². The predicted octanol–water partition coefficient (Wildman–Crippen LogP) is 2.62. The molecule has 0 fully saturated rings. The van der Waals surface area contributed by atoms with Crippen LogP contribution in [0.2, 0.25) is 0 Å². The molecular formula is C14H17F3N2O5. The molecule has 10 heteroatoms. The number of carboxylic acids is 1. The lowest BCUT2D eigenvalue weighted by atomic mass is 10.2. The van der Waals surface area contributed by atoms with Gasteiger partial charge in [0.25, 0.3) is 0 Å². The number of halogens is 3. The highest BCUT2D eigenvalue weighted by molar-refractivity contribution is 5.89. The Balaban J connectivity index is 2.61. The van der Waals surface area contributed by atoms with Crippen molar-refractivity contribution in [3.05, 3.63) is 18.2 Å². The molecule has 3 N–H and O–H groups in total. The van der Waals surface area contributed by atoms with Gasteiger partial charge in [-0.25, -0.2) is 4.79 Å². The third kappa shape index (κ3) is 7.56. The van der Waals surface area contributed by atoms with Crippen molar-refractivity contribution in [2.75, 3.05) is 25.6 Å². The number of carbonyl (C=O) groups is 2. The van der Waals surface area contributed by atoms with E-state index in [1.165, 1.54) is 25.3 Å². The maximum Gasteiger partial charge on any atom is 0.422 e. The number of aliphatic carboxylic acids is 1. The lowest BCUT2D eigenvalue weighted by Crippen LogP contribution is -2.29. The maximum absolute atomic E-state index is 12.2. The van der Waals surface area contributed by atoms with E-state index in [0.717, 1.165) is 0 Å². The molecule has 7 nitrogen and oxygen atoms in total. The molecule has 0 aliphatic heterocycles. The predicted molar refractivity (Wildman–Crippen MR) is 78.4 cm³/mol. The Morgan fingerprint density at radius 3 is 2.54 bits per heavy atom. The van der Waals surface area contributed by atoms with Crippen LogP contribution in [0.3, 0.4) is 0 Å². The summed E-state index contributed by atoms with van der Waals surface area (Å²) in [5.74, 6) is -1.05. The summed E-state index contributed by atoms with van der Waals surface area (Å²) in [4.78, 5) is 21.9. The molecule has 2 amide bonds. The van der Waals surface area contributed by atoms with Crippen molar-refractivity contribution in [1.29, 1.82) is 0 Å². The van der Waals surface area contributed by atoms with Crippen LogP contribution in [0.15, 0.2) is 18.2 Å². The summed E-state index contributed by atoms with van der Waals surface area (Å²) >= 11 is 0. The molecule has 0 unspecified atom stereocenters. The zero-order chi connectivity index (χ0) is 18.2. The third-order valence-corrected chi connectivity index (χ3v) is 2.67. The second-order valence-corrected chi connectivity index (χ2v) is 4.65. The van der Waals surface area contributed by atoms with E-state index in [2.05, 4.69) is 15.4 Å². The Hall–Kier alpha value is -2.65. The van der Waals surface area contributed by atoms with E-state index in [-0.39, 0.29) is 36.6 Å². The Bertz CT molecular complexity index is 578. The first-order valence-corrected chi connectivity index (χ1v) is 6.85. The normalized spacial score (nSPS) is 10.8. The molecule has 0 saturated heterocycles. The van der Waals surface area contributed by atoms with Crippen LogP contribution in [0.1, 0.15) is 12.8 Å². The van der Waals surface area contributed by atoms with Crippen LogP contribution in [0.4, 0.5) is 23.7 Å². The van der Waals surface area contributed by atoms with E-state index in [0.29, 0.717) is 0 Å². The molecule has 0 atom stereocenters. The number of ether oxygens (including phenoxy) is 2. The minimum absolute atomic E-state index is 0.0851. The van der Waals surface area contributed by atoms with Crippen LogP contribution in [0.25, 0.3) is 0 Å².